The van der Waals surface area contributed by atoms with Crippen LogP contribution >= 0.6 is 0 Å². The zero-order valence-corrected chi connectivity index (χ0v) is 11.1. The molecule has 108 valence electrons. The minimum absolute atomic E-state index is 0.135. The van der Waals surface area contributed by atoms with Crippen LogP contribution in [0.2, 0.25) is 0 Å². The monoisotopic (exact) mass is 277 g/mol. The van der Waals surface area contributed by atoms with Gasteiger partial charge in [0.25, 0.3) is 0 Å². The van der Waals surface area contributed by atoms with Crippen molar-refractivity contribution in [1.82, 2.24) is 5.32 Å². The summed E-state index contributed by atoms with van der Waals surface area (Å²) in [5, 5.41) is 13.6. The van der Waals surface area contributed by atoms with E-state index in [9.17, 15) is 9.59 Å². The smallest absolute Gasteiger partial charge is 0.409 e. The Morgan fingerprint density at radius 2 is 1.95 bits per heavy atom. The first-order valence-corrected chi connectivity index (χ1v) is 6.67. The van der Waals surface area contributed by atoms with Crippen molar-refractivity contribution < 1.29 is 14.7 Å². The van der Waals surface area contributed by atoms with Gasteiger partial charge in [0.1, 0.15) is 0 Å². The Bertz CT molecular complexity index is 483. The lowest BCUT2D eigenvalue weighted by Crippen LogP contribution is -2.40. The summed E-state index contributed by atoms with van der Waals surface area (Å²) in [7, 11) is 0. The van der Waals surface area contributed by atoms with Crippen LogP contribution < -0.4 is 16.4 Å². The van der Waals surface area contributed by atoms with Crippen LogP contribution in [0.25, 0.3) is 0 Å². The van der Waals surface area contributed by atoms with E-state index in [0.29, 0.717) is 18.2 Å². The lowest BCUT2D eigenvalue weighted by molar-refractivity contribution is -0.122. The van der Waals surface area contributed by atoms with E-state index in [1.165, 1.54) is 12.8 Å². The van der Waals surface area contributed by atoms with Gasteiger partial charge < -0.3 is 16.2 Å². The molecule has 1 aliphatic rings. The third kappa shape index (κ3) is 4.55. The molecule has 20 heavy (non-hydrogen) atoms. The van der Waals surface area contributed by atoms with Gasteiger partial charge in [-0.1, -0.05) is 25.0 Å². The second-order valence-corrected chi connectivity index (χ2v) is 5.13. The van der Waals surface area contributed by atoms with Gasteiger partial charge in [0.05, 0.1) is 6.04 Å². The minimum Gasteiger partial charge on any atom is -0.465 e. The summed E-state index contributed by atoms with van der Waals surface area (Å²) in [4.78, 5) is 22.2. The third-order valence-corrected chi connectivity index (χ3v) is 3.29. The van der Waals surface area contributed by atoms with E-state index in [-0.39, 0.29) is 5.91 Å². The van der Waals surface area contributed by atoms with Crippen LogP contribution in [0.1, 0.15) is 24.8 Å². The van der Waals surface area contributed by atoms with Crippen LogP contribution in [-0.4, -0.2) is 23.1 Å². The van der Waals surface area contributed by atoms with Crippen molar-refractivity contribution >= 4 is 17.7 Å². The number of amides is 2. The van der Waals surface area contributed by atoms with Crippen molar-refractivity contribution in [1.29, 1.82) is 0 Å². The predicted octanol–water partition coefficient (Wildman–Crippen LogP) is 1.52. The van der Waals surface area contributed by atoms with Gasteiger partial charge >= 0.3 is 6.09 Å². The summed E-state index contributed by atoms with van der Waals surface area (Å²) in [6, 6.07) is 6.39. The Hall–Kier alpha value is -2.08. The summed E-state index contributed by atoms with van der Waals surface area (Å²) in [6.45, 7) is 0.393. The molecule has 1 aromatic carbocycles. The summed E-state index contributed by atoms with van der Waals surface area (Å²) in [5.74, 6) is 0.488. The molecule has 0 bridgehead atoms. The molecule has 5 N–H and O–H groups in total. The van der Waals surface area contributed by atoms with Crippen LogP contribution in [0.15, 0.2) is 24.3 Å². The highest BCUT2D eigenvalue weighted by molar-refractivity contribution is 5.83. The Labute approximate surface area is 117 Å². The van der Waals surface area contributed by atoms with Gasteiger partial charge in [-0.15, -0.1) is 0 Å². The number of rotatable bonds is 6. The topological polar surface area (TPSA) is 104 Å². The van der Waals surface area contributed by atoms with Gasteiger partial charge in [-0.2, -0.15) is 0 Å². The van der Waals surface area contributed by atoms with Crippen molar-refractivity contribution in [2.24, 2.45) is 11.7 Å². The summed E-state index contributed by atoms with van der Waals surface area (Å²) >= 11 is 0. The van der Waals surface area contributed by atoms with E-state index in [0.717, 1.165) is 12.0 Å². The molecule has 0 unspecified atom stereocenters. The van der Waals surface area contributed by atoms with E-state index in [4.69, 9.17) is 10.8 Å². The second-order valence-electron chi connectivity index (χ2n) is 5.13. The Balaban J connectivity index is 1.77. The highest BCUT2D eigenvalue weighted by atomic mass is 16.4. The van der Waals surface area contributed by atoms with Gasteiger partial charge in [-0.25, -0.2) is 4.79 Å². The first-order valence-electron chi connectivity index (χ1n) is 6.67. The van der Waals surface area contributed by atoms with E-state index >= 15 is 0 Å². The molecule has 0 saturated heterocycles. The van der Waals surface area contributed by atoms with Crippen LogP contribution in [0.3, 0.4) is 0 Å². The molecule has 1 aromatic rings. The second kappa shape index (κ2) is 6.38. The van der Waals surface area contributed by atoms with E-state index < -0.39 is 12.1 Å². The molecule has 1 fully saturated rings. The van der Waals surface area contributed by atoms with Crippen molar-refractivity contribution in [2.45, 2.75) is 31.8 Å². The van der Waals surface area contributed by atoms with E-state index in [1.807, 2.05) is 0 Å². The van der Waals surface area contributed by atoms with Gasteiger partial charge in [0.15, 0.2) is 0 Å². The van der Waals surface area contributed by atoms with Crippen molar-refractivity contribution in [3.63, 3.8) is 0 Å². The number of nitrogens with two attached hydrogens (primary N) is 1. The molecular weight excluding hydrogens is 258 g/mol. The molecule has 6 heteroatoms. The maximum atomic E-state index is 11.8. The zero-order chi connectivity index (χ0) is 14.5. The lowest BCUT2D eigenvalue weighted by Gasteiger charge is -2.12. The Morgan fingerprint density at radius 3 is 2.50 bits per heavy atom. The largest absolute Gasteiger partial charge is 0.465 e. The zero-order valence-electron chi connectivity index (χ0n) is 11.1. The molecule has 0 spiro atoms. The molecule has 1 atom stereocenters. The molecule has 6 nitrogen and oxygen atoms in total. The van der Waals surface area contributed by atoms with Gasteiger partial charge in [0.2, 0.25) is 5.91 Å². The quantitative estimate of drug-likeness (QED) is 0.632. The summed E-state index contributed by atoms with van der Waals surface area (Å²) < 4.78 is 0. The van der Waals surface area contributed by atoms with Gasteiger partial charge in [0, 0.05) is 12.2 Å². The number of carbonyl (C=O) groups excluding carboxylic acids is 1. The molecule has 2 amide bonds. The molecule has 2 rings (SSSR count). The number of hydrogen-bond donors (Lipinski definition) is 4. The normalized spacial score (nSPS) is 15.4. The average Bonchev–Trinajstić information content (AvgIpc) is 3.20. The number of carbonyl (C=O) groups is 2. The van der Waals surface area contributed by atoms with Crippen molar-refractivity contribution in [3.05, 3.63) is 29.8 Å². The number of carboxylic acid groups (broad SMARTS) is 1. The fourth-order valence-electron chi connectivity index (χ4n) is 1.97. The molecule has 0 radical (unpaired) electrons. The maximum absolute atomic E-state index is 11.8. The standard InChI is InChI=1S/C14H19N3O3/c15-12(7-9-1-2-9)13(18)16-8-10-3-5-11(6-4-10)17-14(19)20/h3-6,9,12,17H,1-2,7-8,15H2,(H,16,18)(H,19,20)/t12-/m0/s1. The molecule has 0 heterocycles. The average molecular weight is 277 g/mol. The first-order chi connectivity index (χ1) is 9.54. The molecule has 1 aliphatic carbocycles. The number of anilines is 1. The SMILES string of the molecule is N[C@@H](CC1CC1)C(=O)NCc1ccc(NC(=O)O)cc1. The predicted molar refractivity (Wildman–Crippen MR) is 75.3 cm³/mol. The molecule has 1 saturated carbocycles. The summed E-state index contributed by atoms with van der Waals surface area (Å²) in [5.41, 5.74) is 7.21. The number of benzene rings is 1. The highest BCUT2D eigenvalue weighted by Crippen LogP contribution is 2.33. The third-order valence-electron chi connectivity index (χ3n) is 3.29. The van der Waals surface area contributed by atoms with Crippen LogP contribution in [0, 0.1) is 5.92 Å². The van der Waals surface area contributed by atoms with E-state index in [1.54, 1.807) is 24.3 Å². The molecular formula is C14H19N3O3. The first kappa shape index (κ1) is 14.3. The minimum atomic E-state index is -1.10. The lowest BCUT2D eigenvalue weighted by atomic mass is 10.1. The Morgan fingerprint density at radius 1 is 1.30 bits per heavy atom. The van der Waals surface area contributed by atoms with Crippen LogP contribution in [0.5, 0.6) is 0 Å². The fraction of sp³-hybridized carbons (Fsp3) is 0.429. The highest BCUT2D eigenvalue weighted by Gasteiger charge is 2.26. The van der Waals surface area contributed by atoms with Crippen LogP contribution in [0.4, 0.5) is 10.5 Å². The number of hydrogen-bond acceptors (Lipinski definition) is 3. The number of nitrogens with one attached hydrogen (secondary N) is 2. The van der Waals surface area contributed by atoms with Gasteiger partial charge in [-0.3, -0.25) is 10.1 Å². The van der Waals surface area contributed by atoms with Crippen LogP contribution in [-0.2, 0) is 11.3 Å². The van der Waals surface area contributed by atoms with Crippen molar-refractivity contribution in [3.8, 4) is 0 Å². The molecule has 0 aliphatic heterocycles. The fourth-order valence-corrected chi connectivity index (χ4v) is 1.97. The van der Waals surface area contributed by atoms with Crippen molar-refractivity contribution in [2.75, 3.05) is 5.32 Å². The maximum Gasteiger partial charge on any atom is 0.409 e. The van der Waals surface area contributed by atoms with Gasteiger partial charge in [-0.05, 0) is 30.0 Å². The van der Waals surface area contributed by atoms with E-state index in [2.05, 4.69) is 10.6 Å². The Kier molecular flexibility index (Phi) is 4.57. The molecule has 0 aromatic heterocycles. The summed E-state index contributed by atoms with van der Waals surface area (Å²) in [6.07, 6.45) is 2.02.